The first kappa shape index (κ1) is 23.8. The molecule has 0 spiro atoms. The maximum absolute atomic E-state index is 5.02. The first-order valence-corrected chi connectivity index (χ1v) is 13.0. The summed E-state index contributed by atoms with van der Waals surface area (Å²) >= 11 is 0. The summed E-state index contributed by atoms with van der Waals surface area (Å²) in [5, 5.41) is 3.82. The average molecular weight is 607 g/mol. The Balaban J connectivity index is 0.00000256. The van der Waals surface area contributed by atoms with E-state index in [-0.39, 0.29) is 22.4 Å². The van der Waals surface area contributed by atoms with Crippen LogP contribution in [0.2, 0.25) is 0 Å². The van der Waals surface area contributed by atoms with Crippen LogP contribution in [0.15, 0.2) is 97.1 Å². The molecule has 0 saturated carbocycles. The smallest absolute Gasteiger partial charge is 0.164 e. The van der Waals surface area contributed by atoms with Crippen LogP contribution in [0.5, 0.6) is 0 Å². The van der Waals surface area contributed by atoms with Crippen LogP contribution in [0.25, 0.3) is 89.7 Å². The molecule has 4 aromatic carbocycles. The molecule has 0 atom stereocenters. The zero-order valence-corrected chi connectivity index (χ0v) is 23.6. The van der Waals surface area contributed by atoms with Gasteiger partial charge in [-0.05, 0) is 0 Å². The molecule has 1 radical (unpaired) electrons. The fourth-order valence-electron chi connectivity index (χ4n) is 5.59. The Morgan fingerprint density at radius 1 is 0.317 bits per heavy atom. The van der Waals surface area contributed by atoms with E-state index in [1.165, 1.54) is 0 Å². The number of hydrogen-bond donors (Lipinski definition) is 2. The molecular weight excluding hydrogens is 589 g/mol. The van der Waals surface area contributed by atoms with Crippen LogP contribution in [0.3, 0.4) is 0 Å². The molecule has 191 valence electrons. The van der Waals surface area contributed by atoms with Crippen molar-refractivity contribution >= 4 is 44.1 Å². The third-order valence-corrected chi connectivity index (χ3v) is 7.46. The Morgan fingerprint density at radius 2 is 0.561 bits per heavy atom. The average Bonchev–Trinajstić information content (AvgIpc) is 3.73. The van der Waals surface area contributed by atoms with Crippen molar-refractivity contribution in [3.63, 3.8) is 0 Å². The van der Waals surface area contributed by atoms with Crippen LogP contribution in [-0.4, -0.2) is 39.9 Å². The number of aromatic nitrogens is 8. The molecule has 2 aliphatic heterocycles. The van der Waals surface area contributed by atoms with Crippen LogP contribution in [0.1, 0.15) is 0 Å². The van der Waals surface area contributed by atoms with Crippen LogP contribution in [0, 0.1) is 0 Å². The third-order valence-electron chi connectivity index (χ3n) is 7.46. The van der Waals surface area contributed by atoms with E-state index in [0.29, 0.717) is 45.9 Å². The number of rotatable bonds is 0. The monoisotopic (exact) mass is 607 g/mol. The molecule has 0 amide bonds. The van der Waals surface area contributed by atoms with Crippen LogP contribution in [0.4, 0.5) is 0 Å². The molecular formula is C32H18N8Nb. The number of nitrogens with zero attached hydrogens (tertiary/aromatic N) is 6. The fourth-order valence-corrected chi connectivity index (χ4v) is 5.59. The molecule has 2 aliphatic rings. The molecule has 3 aromatic heterocycles. The fraction of sp³-hybridized carbons (Fsp3) is 0. The van der Waals surface area contributed by atoms with E-state index in [1.807, 2.05) is 97.1 Å². The van der Waals surface area contributed by atoms with E-state index < -0.39 is 0 Å². The molecule has 9 heteroatoms. The summed E-state index contributed by atoms with van der Waals surface area (Å²) < 4.78 is 0. The Labute approximate surface area is 248 Å². The predicted molar refractivity (Wildman–Crippen MR) is 156 cm³/mol. The summed E-state index contributed by atoms with van der Waals surface area (Å²) in [7, 11) is 0. The molecule has 2 N–H and O–H groups in total. The van der Waals surface area contributed by atoms with Crippen molar-refractivity contribution in [3.05, 3.63) is 97.1 Å². The molecule has 8 nitrogen and oxygen atoms in total. The van der Waals surface area contributed by atoms with E-state index in [2.05, 4.69) is 9.97 Å². The third kappa shape index (κ3) is 3.59. The molecule has 7 aromatic rings. The maximum atomic E-state index is 5.02. The van der Waals surface area contributed by atoms with Crippen molar-refractivity contribution in [2.75, 3.05) is 0 Å². The van der Waals surface area contributed by atoms with Gasteiger partial charge in [0.25, 0.3) is 0 Å². The summed E-state index contributed by atoms with van der Waals surface area (Å²) in [6, 6.07) is 32.2. The van der Waals surface area contributed by atoms with Crippen LogP contribution in [-0.2, 0) is 22.4 Å². The van der Waals surface area contributed by atoms with E-state index in [9.17, 15) is 0 Å². The maximum Gasteiger partial charge on any atom is 0.164 e. The van der Waals surface area contributed by atoms with E-state index >= 15 is 0 Å². The summed E-state index contributed by atoms with van der Waals surface area (Å²) in [5.74, 6) is 2.39. The molecule has 9 rings (SSSR count). The first-order valence-electron chi connectivity index (χ1n) is 13.0. The van der Waals surface area contributed by atoms with Crippen molar-refractivity contribution < 1.29 is 22.4 Å². The first-order chi connectivity index (χ1) is 19.8. The predicted octanol–water partition coefficient (Wildman–Crippen LogP) is 6.87. The van der Waals surface area contributed by atoms with Crippen molar-refractivity contribution in [1.29, 1.82) is 0 Å². The van der Waals surface area contributed by atoms with Gasteiger partial charge in [-0.3, -0.25) is 0 Å². The van der Waals surface area contributed by atoms with Gasteiger partial charge in [0, 0.05) is 66.2 Å². The molecule has 41 heavy (non-hydrogen) atoms. The van der Waals surface area contributed by atoms with Gasteiger partial charge in [0.15, 0.2) is 23.3 Å². The molecule has 0 fully saturated rings. The molecule has 0 aliphatic carbocycles. The number of H-pyrrole nitrogens is 2. The van der Waals surface area contributed by atoms with Gasteiger partial charge in [-0.1, -0.05) is 97.1 Å². The van der Waals surface area contributed by atoms with E-state index in [0.717, 1.165) is 43.8 Å². The van der Waals surface area contributed by atoms with Crippen LogP contribution >= 0.6 is 0 Å². The standard InChI is InChI=1S/C32H18N8.Nb/c1-2-10-18-17(9-1)25-33-26(18)38-28-21-13-5-6-14-22(21)30(35-28)40-32-24-16-8-7-15-23(24)31(36-32)39-29-20-12-4-3-11-19(20)27(34-29)37-25;/h1-16H,(H2,33,34,35,36,37,38,39,40);. The number of aromatic amines is 2. The van der Waals surface area contributed by atoms with Gasteiger partial charge in [0.1, 0.15) is 22.6 Å². The second kappa shape index (κ2) is 9.00. The SMILES string of the molecule is [Nb].c1ccc2c(c1)-c1nc-2nc2[nH]c(nc3nc(nc4[nH]c(n1)c1ccccc41)-c1ccccc1-3)c1ccccc21. The van der Waals surface area contributed by atoms with Gasteiger partial charge in [-0.25, -0.2) is 29.9 Å². The van der Waals surface area contributed by atoms with Gasteiger partial charge >= 0.3 is 0 Å². The van der Waals surface area contributed by atoms with E-state index in [1.54, 1.807) is 0 Å². The number of fused-ring (bicyclic) bond motifs is 20. The van der Waals surface area contributed by atoms with E-state index in [4.69, 9.17) is 29.9 Å². The number of hydrogen-bond acceptors (Lipinski definition) is 6. The Morgan fingerprint density at radius 3 is 0.829 bits per heavy atom. The summed E-state index contributed by atoms with van der Waals surface area (Å²) in [4.78, 5) is 36.8. The summed E-state index contributed by atoms with van der Waals surface area (Å²) in [6.45, 7) is 0. The molecule has 8 bridgehead atoms. The Kier molecular flexibility index (Phi) is 5.23. The topological polar surface area (TPSA) is 109 Å². The molecule has 5 heterocycles. The van der Waals surface area contributed by atoms with Crippen molar-refractivity contribution in [2.24, 2.45) is 0 Å². The number of benzene rings is 4. The van der Waals surface area contributed by atoms with Crippen molar-refractivity contribution in [1.82, 2.24) is 39.9 Å². The molecule has 0 saturated heterocycles. The van der Waals surface area contributed by atoms with Gasteiger partial charge in [-0.15, -0.1) is 0 Å². The van der Waals surface area contributed by atoms with Gasteiger partial charge in [0.2, 0.25) is 0 Å². The zero-order chi connectivity index (χ0) is 26.2. The van der Waals surface area contributed by atoms with Crippen molar-refractivity contribution in [3.8, 4) is 45.6 Å². The second-order valence-electron chi connectivity index (χ2n) is 9.79. The normalized spacial score (nSPS) is 11.7. The number of nitrogens with one attached hydrogen (secondary N) is 2. The second-order valence-corrected chi connectivity index (χ2v) is 9.79. The Bertz CT molecular complexity index is 2030. The minimum Gasteiger partial charge on any atom is -0.324 e. The summed E-state index contributed by atoms with van der Waals surface area (Å²) in [5.41, 5.74) is 6.45. The van der Waals surface area contributed by atoms with Crippen molar-refractivity contribution in [2.45, 2.75) is 0 Å². The minimum atomic E-state index is 0. The quantitative estimate of drug-likeness (QED) is 0.182. The largest absolute Gasteiger partial charge is 0.324 e. The van der Waals surface area contributed by atoms with Gasteiger partial charge < -0.3 is 9.97 Å². The molecule has 0 unspecified atom stereocenters. The minimum absolute atomic E-state index is 0. The van der Waals surface area contributed by atoms with Crippen LogP contribution < -0.4 is 0 Å². The van der Waals surface area contributed by atoms with Gasteiger partial charge in [-0.2, -0.15) is 0 Å². The van der Waals surface area contributed by atoms with Gasteiger partial charge in [0.05, 0.1) is 0 Å². The summed E-state index contributed by atoms with van der Waals surface area (Å²) in [6.07, 6.45) is 0. The Hall–Kier alpha value is -5.02. The zero-order valence-electron chi connectivity index (χ0n) is 21.4.